The van der Waals surface area contributed by atoms with Crippen LogP contribution in [0, 0.1) is 0 Å². The fraction of sp³-hybridized carbons (Fsp3) is 0.172. The van der Waals surface area contributed by atoms with E-state index < -0.39 is 11.6 Å². The summed E-state index contributed by atoms with van der Waals surface area (Å²) in [5.41, 5.74) is 2.80. The number of ketones is 1. The summed E-state index contributed by atoms with van der Waals surface area (Å²) in [5.74, 6) is -0.811. The van der Waals surface area contributed by atoms with Crippen molar-refractivity contribution in [1.82, 2.24) is 9.55 Å². The average molecular weight is 479 g/mol. The van der Waals surface area contributed by atoms with Crippen molar-refractivity contribution in [2.75, 3.05) is 0 Å². The summed E-state index contributed by atoms with van der Waals surface area (Å²) in [5, 5.41) is 11.9. The van der Waals surface area contributed by atoms with Gasteiger partial charge in [0.15, 0.2) is 11.4 Å². The zero-order chi connectivity index (χ0) is 25.0. The normalized spacial score (nSPS) is 18.1. The van der Waals surface area contributed by atoms with Gasteiger partial charge in [-0.2, -0.15) is 0 Å². The molecule has 4 heterocycles. The van der Waals surface area contributed by atoms with Crippen molar-refractivity contribution in [3.8, 4) is 11.4 Å². The molecule has 0 saturated carbocycles. The van der Waals surface area contributed by atoms with E-state index in [2.05, 4.69) is 0 Å². The van der Waals surface area contributed by atoms with E-state index in [1.807, 2.05) is 42.5 Å². The van der Waals surface area contributed by atoms with Crippen molar-refractivity contribution < 1.29 is 19.4 Å². The summed E-state index contributed by atoms with van der Waals surface area (Å²) < 4.78 is 6.74. The molecule has 1 N–H and O–H groups in total. The van der Waals surface area contributed by atoms with Gasteiger partial charge in [-0.25, -0.2) is 9.78 Å². The highest BCUT2D eigenvalue weighted by atomic mass is 16.6. The second-order valence-corrected chi connectivity index (χ2v) is 9.11. The van der Waals surface area contributed by atoms with Gasteiger partial charge in [-0.15, -0.1) is 0 Å². The van der Waals surface area contributed by atoms with Crippen LogP contribution in [-0.2, 0) is 28.3 Å². The van der Waals surface area contributed by atoms with Crippen LogP contribution in [0.5, 0.6) is 0 Å². The monoisotopic (exact) mass is 478 g/mol. The number of cyclic esters (lactones) is 1. The molecule has 1 atom stereocenters. The molecule has 0 amide bonds. The van der Waals surface area contributed by atoms with Crippen LogP contribution in [-0.4, -0.2) is 26.4 Å². The van der Waals surface area contributed by atoms with E-state index in [1.165, 1.54) is 0 Å². The molecule has 0 spiro atoms. The highest BCUT2D eigenvalue weighted by molar-refractivity contribution is 6.07. The smallest absolute Gasteiger partial charge is 0.343 e. The number of hydrogen-bond donors (Lipinski definition) is 1. The van der Waals surface area contributed by atoms with Gasteiger partial charge in [0, 0.05) is 22.1 Å². The maximum Gasteiger partial charge on any atom is 0.343 e. The Labute approximate surface area is 206 Å². The summed E-state index contributed by atoms with van der Waals surface area (Å²) in [7, 11) is 0. The lowest BCUT2D eigenvalue weighted by Crippen LogP contribution is -2.44. The number of ether oxygens (including phenoxy) is 1. The van der Waals surface area contributed by atoms with Crippen LogP contribution < -0.4 is 5.56 Å². The van der Waals surface area contributed by atoms with Crippen molar-refractivity contribution in [3.05, 3.63) is 105 Å². The van der Waals surface area contributed by atoms with E-state index in [9.17, 15) is 19.5 Å². The average Bonchev–Trinajstić information content (AvgIpc) is 3.26. The number of pyridine rings is 2. The molecule has 178 valence electrons. The molecule has 0 radical (unpaired) electrons. The van der Waals surface area contributed by atoms with Crippen molar-refractivity contribution in [3.63, 3.8) is 0 Å². The molecule has 0 aliphatic carbocycles. The molecule has 36 heavy (non-hydrogen) atoms. The predicted molar refractivity (Wildman–Crippen MR) is 134 cm³/mol. The number of benzene rings is 2. The highest BCUT2D eigenvalue weighted by Crippen LogP contribution is 2.38. The van der Waals surface area contributed by atoms with Crippen LogP contribution in [0.25, 0.3) is 28.4 Å². The first kappa shape index (κ1) is 22.1. The second kappa shape index (κ2) is 8.10. The third-order valence-corrected chi connectivity index (χ3v) is 7.02. The predicted octanol–water partition coefficient (Wildman–Crippen LogP) is 3.98. The topological polar surface area (TPSA) is 98.5 Å². The molecule has 2 aliphatic heterocycles. The van der Waals surface area contributed by atoms with Crippen molar-refractivity contribution in [2.45, 2.75) is 32.1 Å². The maximum atomic E-state index is 13.3. The van der Waals surface area contributed by atoms with E-state index in [-0.39, 0.29) is 24.4 Å². The number of aliphatic hydroxyl groups is 1. The third kappa shape index (κ3) is 3.31. The minimum absolute atomic E-state index is 0.0731. The molecular formula is C29H22N2O5. The molecule has 2 aromatic carbocycles. The summed E-state index contributed by atoms with van der Waals surface area (Å²) in [6.07, 6.45) is 3.43. The van der Waals surface area contributed by atoms with Gasteiger partial charge >= 0.3 is 5.97 Å². The first-order chi connectivity index (χ1) is 17.4. The number of esters is 1. The van der Waals surface area contributed by atoms with Crippen LogP contribution in [0.2, 0.25) is 0 Å². The van der Waals surface area contributed by atoms with Gasteiger partial charge in [0.2, 0.25) is 0 Å². The van der Waals surface area contributed by atoms with Crippen molar-refractivity contribution >= 4 is 28.7 Å². The Balaban J connectivity index is 1.39. The van der Waals surface area contributed by atoms with Gasteiger partial charge < -0.3 is 14.4 Å². The molecule has 2 aliphatic rings. The Morgan fingerprint density at radius 2 is 1.94 bits per heavy atom. The zero-order valence-electron chi connectivity index (χ0n) is 19.5. The summed E-state index contributed by atoms with van der Waals surface area (Å²) in [4.78, 5) is 42.8. The number of carbonyl (C=O) groups excluding carboxylic acids is 2. The van der Waals surface area contributed by atoms with E-state index in [0.717, 1.165) is 22.0 Å². The number of fused-ring (bicyclic) bond motifs is 5. The van der Waals surface area contributed by atoms with Crippen molar-refractivity contribution in [1.29, 1.82) is 0 Å². The molecule has 6 rings (SSSR count). The largest absolute Gasteiger partial charge is 0.458 e. The standard InChI is InChI=1S/C29H22N2O5/c1-2-29(35)22-14-24-26-20(15-31(24)27(33)21(22)16-36-28(29)34)13-19-12-17(8-10-23(19)30-26)9-11-25(32)18-6-4-3-5-7-18/h3-14,35H,2,15-16H2,1H3/b11-9+/t29-/m0/s1. The lowest BCUT2D eigenvalue weighted by atomic mass is 9.86. The summed E-state index contributed by atoms with van der Waals surface area (Å²) >= 11 is 0. The summed E-state index contributed by atoms with van der Waals surface area (Å²) in [6, 6.07) is 18.5. The van der Waals surface area contributed by atoms with Crippen molar-refractivity contribution in [2.24, 2.45) is 0 Å². The Bertz CT molecular complexity index is 1670. The van der Waals surface area contributed by atoms with Crippen LogP contribution in [0.15, 0.2) is 71.5 Å². The molecule has 0 unspecified atom stereocenters. The van der Waals surface area contributed by atoms with Gasteiger partial charge in [-0.05, 0) is 42.3 Å². The number of allylic oxidation sites excluding steroid dienone is 1. The Kier molecular flexibility index (Phi) is 4.98. The van der Waals surface area contributed by atoms with E-state index >= 15 is 0 Å². The fourth-order valence-corrected chi connectivity index (χ4v) is 4.98. The first-order valence-electron chi connectivity index (χ1n) is 11.8. The van der Waals surface area contributed by atoms with Crippen LogP contribution in [0.1, 0.15) is 46.0 Å². The lowest BCUT2D eigenvalue weighted by molar-refractivity contribution is -0.172. The van der Waals surface area contributed by atoms with E-state index in [4.69, 9.17) is 9.72 Å². The molecule has 0 bridgehead atoms. The molecule has 0 saturated heterocycles. The van der Waals surface area contributed by atoms with E-state index in [0.29, 0.717) is 34.6 Å². The molecule has 0 fully saturated rings. The summed E-state index contributed by atoms with van der Waals surface area (Å²) in [6.45, 7) is 1.86. The minimum atomic E-state index is -1.85. The molecule has 7 nitrogen and oxygen atoms in total. The minimum Gasteiger partial charge on any atom is -0.458 e. The first-order valence-corrected chi connectivity index (χ1v) is 11.8. The van der Waals surface area contributed by atoms with Crippen LogP contribution >= 0.6 is 0 Å². The maximum absolute atomic E-state index is 13.3. The fourth-order valence-electron chi connectivity index (χ4n) is 4.98. The lowest BCUT2D eigenvalue weighted by Gasteiger charge is -2.31. The van der Waals surface area contributed by atoms with Gasteiger partial charge in [0.25, 0.3) is 5.56 Å². The Hall–Kier alpha value is -4.36. The number of nitrogens with zero attached hydrogens (tertiary/aromatic N) is 2. The van der Waals surface area contributed by atoms with Gasteiger partial charge in [0.05, 0.1) is 29.0 Å². The number of carbonyl (C=O) groups is 2. The number of rotatable bonds is 4. The Morgan fingerprint density at radius 1 is 1.14 bits per heavy atom. The number of hydrogen-bond acceptors (Lipinski definition) is 6. The van der Waals surface area contributed by atoms with Gasteiger partial charge in [-0.3, -0.25) is 9.59 Å². The van der Waals surface area contributed by atoms with Crippen LogP contribution in [0.3, 0.4) is 0 Å². The zero-order valence-corrected chi connectivity index (χ0v) is 19.5. The second-order valence-electron chi connectivity index (χ2n) is 9.11. The molecule has 2 aromatic heterocycles. The van der Waals surface area contributed by atoms with Gasteiger partial charge in [-0.1, -0.05) is 49.4 Å². The SMILES string of the molecule is CC[C@@]1(O)C(=O)OCc2c1cc1n(c2=O)Cc2cc3cc(/C=C/C(=O)c4ccccc4)ccc3nc2-1. The molecular weight excluding hydrogens is 456 g/mol. The molecule has 7 heteroatoms. The molecule has 4 aromatic rings. The highest BCUT2D eigenvalue weighted by Gasteiger charge is 2.45. The van der Waals surface area contributed by atoms with Gasteiger partial charge in [0.1, 0.15) is 6.61 Å². The number of aromatic nitrogens is 2. The van der Waals surface area contributed by atoms with E-state index in [1.54, 1.807) is 41.8 Å². The Morgan fingerprint density at radius 3 is 2.72 bits per heavy atom. The van der Waals surface area contributed by atoms with Crippen LogP contribution in [0.4, 0.5) is 0 Å². The quantitative estimate of drug-likeness (QED) is 0.238. The third-order valence-electron chi connectivity index (χ3n) is 7.02.